The van der Waals surface area contributed by atoms with Gasteiger partial charge in [-0.3, -0.25) is 0 Å². The van der Waals surface area contributed by atoms with E-state index in [2.05, 4.69) is 15.9 Å². The molecule has 1 aliphatic heterocycles. The number of benzene rings is 1. The smallest absolute Gasteiger partial charge is 0.119 e. The standard InChI is InChI=1S/C12H15BrO3/c1-15-9-2-3-11(13)10(7-9)12-6-8(14)4-5-16-12/h2-3,7-8,12,14H,4-6H2,1H3. The Morgan fingerprint density at radius 2 is 2.31 bits per heavy atom. The quantitative estimate of drug-likeness (QED) is 0.909. The summed E-state index contributed by atoms with van der Waals surface area (Å²) in [5.74, 6) is 0.807. The summed E-state index contributed by atoms with van der Waals surface area (Å²) in [7, 11) is 1.64. The first-order chi connectivity index (χ1) is 7.70. The van der Waals surface area contributed by atoms with Gasteiger partial charge in [0.05, 0.1) is 19.3 Å². The van der Waals surface area contributed by atoms with Crippen LogP contribution in [0.5, 0.6) is 5.75 Å². The van der Waals surface area contributed by atoms with Gasteiger partial charge in [-0.2, -0.15) is 0 Å². The van der Waals surface area contributed by atoms with Crippen molar-refractivity contribution in [2.75, 3.05) is 13.7 Å². The summed E-state index contributed by atoms with van der Waals surface area (Å²) in [6, 6.07) is 5.79. The number of aliphatic hydroxyl groups is 1. The summed E-state index contributed by atoms with van der Waals surface area (Å²) in [6.45, 7) is 0.607. The average Bonchev–Trinajstić information content (AvgIpc) is 2.30. The largest absolute Gasteiger partial charge is 0.497 e. The first-order valence-corrected chi connectivity index (χ1v) is 6.13. The van der Waals surface area contributed by atoms with E-state index < -0.39 is 0 Å². The summed E-state index contributed by atoms with van der Waals surface area (Å²) >= 11 is 3.50. The van der Waals surface area contributed by atoms with Gasteiger partial charge in [0.2, 0.25) is 0 Å². The molecule has 1 fully saturated rings. The second-order valence-electron chi connectivity index (χ2n) is 3.93. The van der Waals surface area contributed by atoms with Crippen LogP contribution in [-0.4, -0.2) is 24.9 Å². The summed E-state index contributed by atoms with van der Waals surface area (Å²) in [4.78, 5) is 0. The molecule has 0 radical (unpaired) electrons. The van der Waals surface area contributed by atoms with Gasteiger partial charge >= 0.3 is 0 Å². The molecule has 2 atom stereocenters. The molecule has 0 aliphatic carbocycles. The Labute approximate surface area is 104 Å². The van der Waals surface area contributed by atoms with Crippen LogP contribution in [0.3, 0.4) is 0 Å². The van der Waals surface area contributed by atoms with E-state index >= 15 is 0 Å². The van der Waals surface area contributed by atoms with Crippen LogP contribution in [-0.2, 0) is 4.74 Å². The fourth-order valence-electron chi connectivity index (χ4n) is 1.89. The number of hydrogen-bond donors (Lipinski definition) is 1. The van der Waals surface area contributed by atoms with Crippen LogP contribution in [0, 0.1) is 0 Å². The Hall–Kier alpha value is -0.580. The Morgan fingerprint density at radius 1 is 1.50 bits per heavy atom. The highest BCUT2D eigenvalue weighted by Crippen LogP contribution is 2.34. The molecule has 3 nitrogen and oxygen atoms in total. The van der Waals surface area contributed by atoms with Gasteiger partial charge in [-0.15, -0.1) is 0 Å². The number of halogens is 1. The van der Waals surface area contributed by atoms with E-state index in [-0.39, 0.29) is 12.2 Å². The molecule has 0 spiro atoms. The van der Waals surface area contributed by atoms with Crippen molar-refractivity contribution in [3.8, 4) is 5.75 Å². The lowest BCUT2D eigenvalue weighted by atomic mass is 9.99. The van der Waals surface area contributed by atoms with Crippen LogP contribution >= 0.6 is 15.9 Å². The average molecular weight is 287 g/mol. The van der Waals surface area contributed by atoms with Gasteiger partial charge in [0.1, 0.15) is 5.75 Å². The van der Waals surface area contributed by atoms with Gasteiger partial charge in [-0.25, -0.2) is 0 Å². The second kappa shape index (κ2) is 5.17. The van der Waals surface area contributed by atoms with Gasteiger partial charge in [0, 0.05) is 17.5 Å². The van der Waals surface area contributed by atoms with Gasteiger partial charge in [-0.1, -0.05) is 15.9 Å². The zero-order valence-electron chi connectivity index (χ0n) is 9.15. The summed E-state index contributed by atoms with van der Waals surface area (Å²) in [6.07, 6.45) is 1.05. The molecular weight excluding hydrogens is 272 g/mol. The van der Waals surface area contributed by atoms with Crippen molar-refractivity contribution < 1.29 is 14.6 Å². The molecule has 0 amide bonds. The van der Waals surface area contributed by atoms with Crippen LogP contribution in [0.2, 0.25) is 0 Å². The van der Waals surface area contributed by atoms with Crippen molar-refractivity contribution in [1.29, 1.82) is 0 Å². The number of rotatable bonds is 2. The van der Waals surface area contributed by atoms with E-state index in [1.54, 1.807) is 7.11 Å². The zero-order valence-corrected chi connectivity index (χ0v) is 10.7. The van der Waals surface area contributed by atoms with E-state index in [0.717, 1.165) is 22.2 Å². The number of hydrogen-bond acceptors (Lipinski definition) is 3. The van der Waals surface area contributed by atoms with Crippen molar-refractivity contribution in [1.82, 2.24) is 0 Å². The normalized spacial score (nSPS) is 25.4. The molecule has 1 saturated heterocycles. The van der Waals surface area contributed by atoms with Gasteiger partial charge < -0.3 is 14.6 Å². The third-order valence-corrected chi connectivity index (χ3v) is 3.53. The molecule has 1 heterocycles. The van der Waals surface area contributed by atoms with Crippen molar-refractivity contribution in [2.24, 2.45) is 0 Å². The van der Waals surface area contributed by atoms with Crippen molar-refractivity contribution in [2.45, 2.75) is 25.0 Å². The molecule has 1 aromatic rings. The maximum absolute atomic E-state index is 9.63. The lowest BCUT2D eigenvalue weighted by Gasteiger charge is -2.27. The van der Waals surface area contributed by atoms with Crippen LogP contribution < -0.4 is 4.74 Å². The van der Waals surface area contributed by atoms with E-state index in [9.17, 15) is 5.11 Å². The number of methoxy groups -OCH3 is 1. The molecule has 0 saturated carbocycles. The highest BCUT2D eigenvalue weighted by atomic mass is 79.9. The molecule has 1 aliphatic rings. The van der Waals surface area contributed by atoms with E-state index in [1.165, 1.54) is 0 Å². The van der Waals surface area contributed by atoms with Crippen LogP contribution in [0.4, 0.5) is 0 Å². The van der Waals surface area contributed by atoms with E-state index in [4.69, 9.17) is 9.47 Å². The Balaban J connectivity index is 2.24. The van der Waals surface area contributed by atoms with Crippen molar-refractivity contribution >= 4 is 15.9 Å². The zero-order chi connectivity index (χ0) is 11.5. The Kier molecular flexibility index (Phi) is 3.84. The lowest BCUT2D eigenvalue weighted by Crippen LogP contribution is -2.23. The molecule has 16 heavy (non-hydrogen) atoms. The maximum Gasteiger partial charge on any atom is 0.119 e. The summed E-state index contributed by atoms with van der Waals surface area (Å²) < 4.78 is 11.9. The van der Waals surface area contributed by atoms with Gasteiger partial charge in [0.25, 0.3) is 0 Å². The minimum absolute atomic E-state index is 0.0479. The van der Waals surface area contributed by atoms with Crippen LogP contribution in [0.15, 0.2) is 22.7 Å². The topological polar surface area (TPSA) is 38.7 Å². The first kappa shape index (κ1) is 11.9. The molecule has 1 N–H and O–H groups in total. The predicted octanol–water partition coefficient (Wildman–Crippen LogP) is 2.67. The fraction of sp³-hybridized carbons (Fsp3) is 0.500. The highest BCUT2D eigenvalue weighted by molar-refractivity contribution is 9.10. The minimum Gasteiger partial charge on any atom is -0.497 e. The highest BCUT2D eigenvalue weighted by Gasteiger charge is 2.24. The second-order valence-corrected chi connectivity index (χ2v) is 4.78. The van der Waals surface area contributed by atoms with Crippen molar-refractivity contribution in [3.05, 3.63) is 28.2 Å². The maximum atomic E-state index is 9.63. The number of ether oxygens (including phenoxy) is 2. The first-order valence-electron chi connectivity index (χ1n) is 5.34. The molecule has 2 rings (SSSR count). The SMILES string of the molecule is COc1ccc(Br)c(C2CC(O)CCO2)c1. The number of aliphatic hydroxyl groups excluding tert-OH is 1. The monoisotopic (exact) mass is 286 g/mol. The predicted molar refractivity (Wildman–Crippen MR) is 64.6 cm³/mol. The van der Waals surface area contributed by atoms with E-state index in [1.807, 2.05) is 18.2 Å². The Bertz CT molecular complexity index is 367. The fourth-order valence-corrected chi connectivity index (χ4v) is 2.39. The summed E-state index contributed by atoms with van der Waals surface area (Å²) in [5, 5.41) is 9.63. The molecule has 4 heteroatoms. The minimum atomic E-state index is -0.267. The van der Waals surface area contributed by atoms with Crippen LogP contribution in [0.25, 0.3) is 0 Å². The molecule has 0 bridgehead atoms. The van der Waals surface area contributed by atoms with Crippen LogP contribution in [0.1, 0.15) is 24.5 Å². The molecular formula is C12H15BrO3. The third-order valence-electron chi connectivity index (χ3n) is 2.81. The Morgan fingerprint density at radius 3 is 3.00 bits per heavy atom. The van der Waals surface area contributed by atoms with Crippen molar-refractivity contribution in [3.63, 3.8) is 0 Å². The molecule has 0 aromatic heterocycles. The summed E-state index contributed by atoms with van der Waals surface area (Å²) in [5.41, 5.74) is 1.04. The van der Waals surface area contributed by atoms with Gasteiger partial charge in [0.15, 0.2) is 0 Å². The lowest BCUT2D eigenvalue weighted by molar-refractivity contribution is -0.0451. The van der Waals surface area contributed by atoms with E-state index in [0.29, 0.717) is 13.0 Å². The third kappa shape index (κ3) is 2.56. The van der Waals surface area contributed by atoms with Gasteiger partial charge in [-0.05, 0) is 30.2 Å². The molecule has 1 aromatic carbocycles. The molecule has 88 valence electrons. The molecule has 2 unspecified atom stereocenters.